The molecule has 1 heterocycles. The van der Waals surface area contributed by atoms with Crippen LogP contribution in [0.1, 0.15) is 18.9 Å². The molecule has 1 aromatic heterocycles. The number of hydrogen-bond acceptors (Lipinski definition) is 6. The number of nitrogens with one attached hydrogen (secondary N) is 1. The Morgan fingerprint density at radius 1 is 1.60 bits per heavy atom. The molecule has 1 aromatic rings. The van der Waals surface area contributed by atoms with Crippen molar-refractivity contribution >= 4 is 29.0 Å². The lowest BCUT2D eigenvalue weighted by Crippen LogP contribution is -2.42. The molecule has 0 spiro atoms. The average Bonchev–Trinajstić information content (AvgIpc) is 2.60. The summed E-state index contributed by atoms with van der Waals surface area (Å²) in [5.41, 5.74) is 1.66. The van der Waals surface area contributed by atoms with Crippen LogP contribution in [0.2, 0.25) is 0 Å². The number of carbonyl (C=O) groups is 1. The standard InChI is InChI=1S/C8H14N4OS2/c1-5-11-12-7(15-5)14-4-8(2,3)6(13)10-9/h4,9H2,1-3H3,(H,10,13). The highest BCUT2D eigenvalue weighted by Gasteiger charge is 2.27. The molecule has 0 fully saturated rings. The van der Waals surface area contributed by atoms with Crippen molar-refractivity contribution in [1.82, 2.24) is 15.6 Å². The number of aryl methyl sites for hydroxylation is 1. The average molecular weight is 246 g/mol. The van der Waals surface area contributed by atoms with Gasteiger partial charge in [-0.05, 0) is 6.92 Å². The second-order valence-electron chi connectivity index (χ2n) is 3.73. The number of carbonyl (C=O) groups excluding carboxylic acids is 1. The van der Waals surface area contributed by atoms with Crippen LogP contribution in [0, 0.1) is 12.3 Å². The minimum absolute atomic E-state index is 0.170. The van der Waals surface area contributed by atoms with Crippen molar-refractivity contribution in [2.24, 2.45) is 11.3 Å². The number of hydrogen-bond donors (Lipinski definition) is 2. The Hall–Kier alpha value is -0.660. The molecule has 7 heteroatoms. The van der Waals surface area contributed by atoms with Gasteiger partial charge in [0.05, 0.1) is 5.41 Å². The molecule has 0 bridgehead atoms. The number of hydrazine groups is 1. The molecule has 1 rings (SSSR count). The summed E-state index contributed by atoms with van der Waals surface area (Å²) in [6.07, 6.45) is 0. The third-order valence-corrected chi connectivity index (χ3v) is 4.24. The van der Waals surface area contributed by atoms with Gasteiger partial charge in [-0.25, -0.2) is 5.84 Å². The Morgan fingerprint density at radius 3 is 2.73 bits per heavy atom. The van der Waals surface area contributed by atoms with Crippen molar-refractivity contribution in [3.05, 3.63) is 5.01 Å². The van der Waals surface area contributed by atoms with Crippen LogP contribution in [0.3, 0.4) is 0 Å². The minimum atomic E-state index is -0.501. The zero-order valence-corrected chi connectivity index (χ0v) is 10.5. The molecule has 0 aliphatic rings. The van der Waals surface area contributed by atoms with Gasteiger partial charge in [0.2, 0.25) is 5.91 Å². The number of aromatic nitrogens is 2. The van der Waals surface area contributed by atoms with Crippen LogP contribution in [0.4, 0.5) is 0 Å². The lowest BCUT2D eigenvalue weighted by Gasteiger charge is -2.20. The van der Waals surface area contributed by atoms with E-state index in [1.54, 1.807) is 0 Å². The molecule has 0 atom stereocenters. The van der Waals surface area contributed by atoms with Crippen LogP contribution >= 0.6 is 23.1 Å². The minimum Gasteiger partial charge on any atom is -0.294 e. The molecule has 15 heavy (non-hydrogen) atoms. The Kier molecular flexibility index (Phi) is 4.06. The molecule has 0 radical (unpaired) electrons. The lowest BCUT2D eigenvalue weighted by molar-refractivity contribution is -0.128. The van der Waals surface area contributed by atoms with Crippen molar-refractivity contribution in [2.45, 2.75) is 25.1 Å². The van der Waals surface area contributed by atoms with Crippen LogP contribution in [0.5, 0.6) is 0 Å². The predicted molar refractivity (Wildman–Crippen MR) is 61.5 cm³/mol. The summed E-state index contributed by atoms with van der Waals surface area (Å²) in [6, 6.07) is 0. The fourth-order valence-electron chi connectivity index (χ4n) is 0.840. The van der Waals surface area contributed by atoms with Crippen molar-refractivity contribution in [3.8, 4) is 0 Å². The second-order valence-corrected chi connectivity index (χ2v) is 6.14. The summed E-state index contributed by atoms with van der Waals surface area (Å²) in [5.74, 6) is 5.56. The van der Waals surface area contributed by atoms with Gasteiger partial charge in [0, 0.05) is 5.75 Å². The maximum absolute atomic E-state index is 11.4. The molecule has 0 aromatic carbocycles. The zero-order valence-electron chi connectivity index (χ0n) is 8.90. The first-order chi connectivity index (χ1) is 6.95. The monoisotopic (exact) mass is 246 g/mol. The number of thioether (sulfide) groups is 1. The molecule has 0 aliphatic carbocycles. The zero-order chi connectivity index (χ0) is 11.5. The largest absolute Gasteiger partial charge is 0.294 e. The first-order valence-corrected chi connectivity index (χ1v) is 6.20. The number of amides is 1. The Labute approximate surface area is 96.8 Å². The number of nitrogens with two attached hydrogens (primary N) is 1. The Morgan fingerprint density at radius 2 is 2.27 bits per heavy atom. The Bertz CT molecular complexity index is 350. The molecular weight excluding hydrogens is 232 g/mol. The highest BCUT2D eigenvalue weighted by molar-refractivity contribution is 8.01. The molecule has 0 unspecified atom stereocenters. The second kappa shape index (κ2) is 4.91. The van der Waals surface area contributed by atoms with Gasteiger partial charge in [-0.1, -0.05) is 36.9 Å². The van der Waals surface area contributed by atoms with E-state index in [1.165, 1.54) is 23.1 Å². The summed E-state index contributed by atoms with van der Waals surface area (Å²) in [4.78, 5) is 11.4. The van der Waals surface area contributed by atoms with E-state index in [0.29, 0.717) is 5.75 Å². The fraction of sp³-hybridized carbons (Fsp3) is 0.625. The smallest absolute Gasteiger partial charge is 0.240 e. The SMILES string of the molecule is Cc1nnc(SCC(C)(C)C(=O)NN)s1. The maximum atomic E-state index is 11.4. The van der Waals surface area contributed by atoms with Gasteiger partial charge < -0.3 is 0 Å². The van der Waals surface area contributed by atoms with E-state index in [9.17, 15) is 4.79 Å². The highest BCUT2D eigenvalue weighted by atomic mass is 32.2. The normalized spacial score (nSPS) is 11.5. The maximum Gasteiger partial charge on any atom is 0.240 e. The van der Waals surface area contributed by atoms with Gasteiger partial charge in [0.25, 0.3) is 0 Å². The van der Waals surface area contributed by atoms with Gasteiger partial charge in [0.1, 0.15) is 5.01 Å². The third-order valence-electron chi connectivity index (χ3n) is 1.81. The Balaban J connectivity index is 2.53. The van der Waals surface area contributed by atoms with E-state index < -0.39 is 5.41 Å². The lowest BCUT2D eigenvalue weighted by atomic mass is 9.96. The summed E-state index contributed by atoms with van der Waals surface area (Å²) < 4.78 is 0.880. The van der Waals surface area contributed by atoms with Crippen molar-refractivity contribution in [3.63, 3.8) is 0 Å². The van der Waals surface area contributed by atoms with E-state index in [-0.39, 0.29) is 5.91 Å². The summed E-state index contributed by atoms with van der Waals surface area (Å²) in [5, 5.41) is 8.81. The fourth-order valence-corrected chi connectivity index (χ4v) is 2.74. The molecule has 0 saturated heterocycles. The first kappa shape index (κ1) is 12.4. The topological polar surface area (TPSA) is 80.9 Å². The molecule has 5 nitrogen and oxygen atoms in total. The first-order valence-electron chi connectivity index (χ1n) is 4.39. The van der Waals surface area contributed by atoms with Gasteiger partial charge in [0.15, 0.2) is 4.34 Å². The summed E-state index contributed by atoms with van der Waals surface area (Å²) in [7, 11) is 0. The van der Waals surface area contributed by atoms with Gasteiger partial charge in [-0.2, -0.15) is 0 Å². The molecule has 0 aliphatic heterocycles. The number of nitrogens with zero attached hydrogens (tertiary/aromatic N) is 2. The molecule has 3 N–H and O–H groups in total. The number of rotatable bonds is 4. The van der Waals surface area contributed by atoms with E-state index in [0.717, 1.165) is 9.35 Å². The van der Waals surface area contributed by atoms with Crippen molar-refractivity contribution < 1.29 is 4.79 Å². The van der Waals surface area contributed by atoms with Crippen LogP contribution in [0.25, 0.3) is 0 Å². The summed E-state index contributed by atoms with van der Waals surface area (Å²) >= 11 is 3.05. The van der Waals surface area contributed by atoms with Gasteiger partial charge in [-0.3, -0.25) is 10.2 Å². The molecule has 0 saturated carbocycles. The van der Waals surface area contributed by atoms with E-state index in [1.807, 2.05) is 20.8 Å². The van der Waals surface area contributed by atoms with Crippen molar-refractivity contribution in [1.29, 1.82) is 0 Å². The highest BCUT2D eigenvalue weighted by Crippen LogP contribution is 2.29. The van der Waals surface area contributed by atoms with Crippen molar-refractivity contribution in [2.75, 3.05) is 5.75 Å². The van der Waals surface area contributed by atoms with Crippen LogP contribution < -0.4 is 11.3 Å². The van der Waals surface area contributed by atoms with E-state index >= 15 is 0 Å². The van der Waals surface area contributed by atoms with E-state index in [2.05, 4.69) is 15.6 Å². The summed E-state index contributed by atoms with van der Waals surface area (Å²) in [6.45, 7) is 5.59. The molecule has 1 amide bonds. The van der Waals surface area contributed by atoms with E-state index in [4.69, 9.17) is 5.84 Å². The van der Waals surface area contributed by atoms with Gasteiger partial charge >= 0.3 is 0 Å². The van der Waals surface area contributed by atoms with Crippen LogP contribution in [-0.4, -0.2) is 21.9 Å². The quantitative estimate of drug-likeness (QED) is 0.358. The molecular formula is C8H14N4OS2. The predicted octanol–water partition coefficient (Wildman–Crippen LogP) is 0.955. The van der Waals surface area contributed by atoms with Gasteiger partial charge in [-0.15, -0.1) is 10.2 Å². The van der Waals surface area contributed by atoms with Crippen LogP contribution in [0.15, 0.2) is 4.34 Å². The molecule has 84 valence electrons. The third kappa shape index (κ3) is 3.44. The van der Waals surface area contributed by atoms with Crippen LogP contribution in [-0.2, 0) is 4.79 Å².